The minimum absolute atomic E-state index is 0.671. The molecular formula is C12H10N4O. The van der Waals surface area contributed by atoms with Crippen molar-refractivity contribution in [3.63, 3.8) is 0 Å². The summed E-state index contributed by atoms with van der Waals surface area (Å²) in [7, 11) is 1.64. The van der Waals surface area contributed by atoms with E-state index < -0.39 is 0 Å². The van der Waals surface area contributed by atoms with Crippen LogP contribution in [0.1, 0.15) is 0 Å². The third-order valence-electron chi connectivity index (χ3n) is 2.54. The Hall–Kier alpha value is -2.43. The highest BCUT2D eigenvalue weighted by molar-refractivity contribution is 5.75. The predicted molar refractivity (Wildman–Crippen MR) is 63.7 cm³/mol. The molecule has 1 N–H and O–H groups in total. The number of methoxy groups -OCH3 is 1. The highest BCUT2D eigenvalue weighted by Crippen LogP contribution is 2.20. The van der Waals surface area contributed by atoms with Gasteiger partial charge in [0.1, 0.15) is 5.75 Å². The Kier molecular flexibility index (Phi) is 2.22. The lowest BCUT2D eigenvalue weighted by atomic mass is 10.2. The molecule has 2 aromatic heterocycles. The van der Waals surface area contributed by atoms with Gasteiger partial charge in [0, 0.05) is 11.8 Å². The fourth-order valence-electron chi connectivity index (χ4n) is 1.62. The van der Waals surface area contributed by atoms with Gasteiger partial charge in [0.05, 0.1) is 18.7 Å². The zero-order chi connectivity index (χ0) is 11.7. The van der Waals surface area contributed by atoms with E-state index in [-0.39, 0.29) is 0 Å². The molecular weight excluding hydrogens is 216 g/mol. The van der Waals surface area contributed by atoms with Gasteiger partial charge in [-0.1, -0.05) is 0 Å². The number of hydrogen-bond donors (Lipinski definition) is 1. The van der Waals surface area contributed by atoms with Crippen molar-refractivity contribution in [3.05, 3.63) is 36.7 Å². The number of nitrogens with one attached hydrogen (secondary N) is 1. The van der Waals surface area contributed by atoms with Crippen LogP contribution in [0.4, 0.5) is 0 Å². The Labute approximate surface area is 97.5 Å². The number of aromatic amines is 1. The first kappa shape index (κ1) is 9.77. The van der Waals surface area contributed by atoms with Gasteiger partial charge in [-0.15, -0.1) is 0 Å². The number of rotatable bonds is 2. The van der Waals surface area contributed by atoms with Gasteiger partial charge in [-0.25, -0.2) is 9.97 Å². The minimum atomic E-state index is 0.671. The van der Waals surface area contributed by atoms with Crippen molar-refractivity contribution in [3.8, 4) is 17.1 Å². The summed E-state index contributed by atoms with van der Waals surface area (Å²) in [4.78, 5) is 8.68. The van der Waals surface area contributed by atoms with Gasteiger partial charge in [0.15, 0.2) is 11.5 Å². The van der Waals surface area contributed by atoms with Crippen molar-refractivity contribution in [1.29, 1.82) is 0 Å². The standard InChI is InChI=1S/C12H10N4O/c1-17-10-4-2-8(3-5-10)11-13-6-9-7-14-16-12(9)15-11/h2-7H,1H3,(H,13,14,15,16). The van der Waals surface area contributed by atoms with Crippen LogP contribution in [0.15, 0.2) is 36.7 Å². The molecule has 0 fully saturated rings. The summed E-state index contributed by atoms with van der Waals surface area (Å²) in [5.74, 6) is 1.49. The first-order chi connectivity index (χ1) is 8.36. The van der Waals surface area contributed by atoms with Crippen molar-refractivity contribution in [2.45, 2.75) is 0 Å². The molecule has 0 aliphatic rings. The zero-order valence-corrected chi connectivity index (χ0v) is 9.21. The van der Waals surface area contributed by atoms with Gasteiger partial charge in [-0.05, 0) is 24.3 Å². The third kappa shape index (κ3) is 1.71. The average molecular weight is 226 g/mol. The van der Waals surface area contributed by atoms with Crippen LogP contribution in [0.25, 0.3) is 22.4 Å². The lowest BCUT2D eigenvalue weighted by Gasteiger charge is -2.02. The SMILES string of the molecule is COc1ccc(-c2ncc3cn[nH]c3n2)cc1. The Morgan fingerprint density at radius 3 is 2.71 bits per heavy atom. The second kappa shape index (κ2) is 3.86. The molecule has 3 aromatic rings. The summed E-state index contributed by atoms with van der Waals surface area (Å²) in [6.45, 7) is 0. The molecule has 0 bridgehead atoms. The maximum atomic E-state index is 5.11. The lowest BCUT2D eigenvalue weighted by Crippen LogP contribution is -1.89. The number of benzene rings is 1. The van der Waals surface area contributed by atoms with E-state index in [4.69, 9.17) is 4.74 Å². The zero-order valence-electron chi connectivity index (χ0n) is 9.21. The maximum Gasteiger partial charge on any atom is 0.161 e. The molecule has 0 spiro atoms. The molecule has 0 saturated carbocycles. The Morgan fingerprint density at radius 1 is 1.12 bits per heavy atom. The van der Waals surface area contributed by atoms with Gasteiger partial charge in [0.25, 0.3) is 0 Å². The van der Waals surface area contributed by atoms with Gasteiger partial charge in [-0.3, -0.25) is 5.10 Å². The van der Waals surface area contributed by atoms with Crippen LogP contribution in [-0.2, 0) is 0 Å². The molecule has 0 aliphatic heterocycles. The molecule has 0 saturated heterocycles. The summed E-state index contributed by atoms with van der Waals surface area (Å²) in [6.07, 6.45) is 3.46. The quantitative estimate of drug-likeness (QED) is 0.726. The second-order valence-electron chi connectivity index (χ2n) is 3.60. The summed E-state index contributed by atoms with van der Waals surface area (Å²) < 4.78 is 5.11. The highest BCUT2D eigenvalue weighted by Gasteiger charge is 2.04. The fourth-order valence-corrected chi connectivity index (χ4v) is 1.62. The summed E-state index contributed by atoms with van der Waals surface area (Å²) in [5.41, 5.74) is 1.69. The molecule has 1 aromatic carbocycles. The van der Waals surface area contributed by atoms with Crippen LogP contribution in [-0.4, -0.2) is 27.3 Å². The van der Waals surface area contributed by atoms with E-state index in [0.29, 0.717) is 5.82 Å². The summed E-state index contributed by atoms with van der Waals surface area (Å²) in [6, 6.07) is 7.62. The van der Waals surface area contributed by atoms with Crippen molar-refractivity contribution in [1.82, 2.24) is 20.2 Å². The maximum absolute atomic E-state index is 5.11. The molecule has 0 unspecified atom stereocenters. The molecule has 0 aliphatic carbocycles. The van der Waals surface area contributed by atoms with Gasteiger partial charge in [0.2, 0.25) is 0 Å². The summed E-state index contributed by atoms with van der Waals surface area (Å²) in [5, 5.41) is 7.65. The molecule has 3 rings (SSSR count). The van der Waals surface area contributed by atoms with Crippen molar-refractivity contribution >= 4 is 11.0 Å². The predicted octanol–water partition coefficient (Wildman–Crippen LogP) is 2.03. The molecule has 2 heterocycles. The van der Waals surface area contributed by atoms with Crippen LogP contribution in [0.2, 0.25) is 0 Å². The van der Waals surface area contributed by atoms with E-state index in [1.165, 1.54) is 0 Å². The van der Waals surface area contributed by atoms with Gasteiger partial charge >= 0.3 is 0 Å². The molecule has 0 radical (unpaired) electrons. The number of fused-ring (bicyclic) bond motifs is 1. The summed E-state index contributed by atoms with van der Waals surface area (Å²) >= 11 is 0. The number of H-pyrrole nitrogens is 1. The monoisotopic (exact) mass is 226 g/mol. The average Bonchev–Trinajstić information content (AvgIpc) is 2.86. The van der Waals surface area contributed by atoms with Crippen LogP contribution in [0, 0.1) is 0 Å². The van der Waals surface area contributed by atoms with E-state index in [9.17, 15) is 0 Å². The number of aromatic nitrogens is 4. The molecule has 84 valence electrons. The van der Waals surface area contributed by atoms with Crippen LogP contribution >= 0.6 is 0 Å². The van der Waals surface area contributed by atoms with E-state index in [1.807, 2.05) is 24.3 Å². The molecule has 0 atom stereocenters. The van der Waals surface area contributed by atoms with Crippen LogP contribution in [0.5, 0.6) is 5.75 Å². The lowest BCUT2D eigenvalue weighted by molar-refractivity contribution is 0.415. The van der Waals surface area contributed by atoms with Gasteiger partial charge in [-0.2, -0.15) is 5.10 Å². The third-order valence-corrected chi connectivity index (χ3v) is 2.54. The van der Waals surface area contributed by atoms with Crippen molar-refractivity contribution in [2.75, 3.05) is 7.11 Å². The first-order valence-electron chi connectivity index (χ1n) is 5.17. The van der Waals surface area contributed by atoms with Crippen molar-refractivity contribution < 1.29 is 4.74 Å². The fraction of sp³-hybridized carbons (Fsp3) is 0.0833. The number of ether oxygens (including phenoxy) is 1. The van der Waals surface area contributed by atoms with Crippen LogP contribution < -0.4 is 4.74 Å². The Morgan fingerprint density at radius 2 is 1.94 bits per heavy atom. The second-order valence-corrected chi connectivity index (χ2v) is 3.60. The first-order valence-corrected chi connectivity index (χ1v) is 5.17. The minimum Gasteiger partial charge on any atom is -0.497 e. The van der Waals surface area contributed by atoms with Crippen molar-refractivity contribution in [2.24, 2.45) is 0 Å². The smallest absolute Gasteiger partial charge is 0.161 e. The molecule has 0 amide bonds. The molecule has 5 heteroatoms. The number of nitrogens with zero attached hydrogens (tertiary/aromatic N) is 3. The van der Waals surface area contributed by atoms with E-state index in [2.05, 4.69) is 20.2 Å². The van der Waals surface area contributed by atoms with Gasteiger partial charge < -0.3 is 4.74 Å². The van der Waals surface area contributed by atoms with E-state index in [0.717, 1.165) is 22.3 Å². The Balaban J connectivity index is 2.06. The highest BCUT2D eigenvalue weighted by atomic mass is 16.5. The molecule has 5 nitrogen and oxygen atoms in total. The Bertz CT molecular complexity index is 645. The van der Waals surface area contributed by atoms with E-state index in [1.54, 1.807) is 19.5 Å². The van der Waals surface area contributed by atoms with E-state index >= 15 is 0 Å². The van der Waals surface area contributed by atoms with Crippen LogP contribution in [0.3, 0.4) is 0 Å². The molecule has 17 heavy (non-hydrogen) atoms. The largest absolute Gasteiger partial charge is 0.497 e. The normalized spacial score (nSPS) is 10.6. The number of hydrogen-bond acceptors (Lipinski definition) is 4. The topological polar surface area (TPSA) is 63.7 Å².